The Kier molecular flexibility index (Phi) is 5.90. The van der Waals surface area contributed by atoms with Crippen molar-refractivity contribution in [2.75, 3.05) is 11.6 Å². The molecule has 0 bridgehead atoms. The Balaban J connectivity index is 1.76. The lowest BCUT2D eigenvalue weighted by molar-refractivity contribution is -0.384. The van der Waals surface area contributed by atoms with Gasteiger partial charge in [-0.15, -0.1) is 11.8 Å². The number of aromatic nitrogens is 2. The minimum Gasteiger partial charge on any atom is -0.350 e. The fourth-order valence-electron chi connectivity index (χ4n) is 2.58. The number of non-ortho nitro benzene ring substituents is 1. The Bertz CT molecular complexity index is 1030. The molecule has 28 heavy (non-hydrogen) atoms. The van der Waals surface area contributed by atoms with Gasteiger partial charge in [0.1, 0.15) is 0 Å². The third-order valence-corrected chi connectivity index (χ3v) is 4.74. The zero-order chi connectivity index (χ0) is 20.1. The molecule has 8 heteroatoms. The van der Waals surface area contributed by atoms with Gasteiger partial charge in [0, 0.05) is 41.9 Å². The van der Waals surface area contributed by atoms with Crippen LogP contribution in [-0.4, -0.2) is 26.7 Å². The van der Waals surface area contributed by atoms with Crippen molar-refractivity contribution in [3.63, 3.8) is 0 Å². The Labute approximate surface area is 166 Å². The average molecular weight is 394 g/mol. The highest BCUT2D eigenvalue weighted by molar-refractivity contribution is 8.02. The van der Waals surface area contributed by atoms with Crippen molar-refractivity contribution in [1.82, 2.24) is 9.78 Å². The molecule has 0 fully saturated rings. The number of thioether (sulfide) groups is 1. The molecule has 3 rings (SSSR count). The zero-order valence-corrected chi connectivity index (χ0v) is 16.1. The molecular weight excluding hydrogens is 376 g/mol. The zero-order valence-electron chi connectivity index (χ0n) is 15.3. The number of nitrogens with zero attached hydrogens (tertiary/aromatic N) is 3. The maximum absolute atomic E-state index is 12.6. The first-order valence-electron chi connectivity index (χ1n) is 8.40. The normalized spacial score (nSPS) is 11.3. The third kappa shape index (κ3) is 4.47. The lowest BCUT2D eigenvalue weighted by Crippen LogP contribution is -2.03. The number of ketones is 1. The number of nitro groups is 1. The van der Waals surface area contributed by atoms with E-state index in [2.05, 4.69) is 10.4 Å². The van der Waals surface area contributed by atoms with Gasteiger partial charge in [0.2, 0.25) is 0 Å². The van der Waals surface area contributed by atoms with Crippen molar-refractivity contribution >= 4 is 28.9 Å². The number of hydrogen-bond acceptors (Lipinski definition) is 6. The second kappa shape index (κ2) is 8.53. The predicted octanol–water partition coefficient (Wildman–Crippen LogP) is 4.59. The van der Waals surface area contributed by atoms with Gasteiger partial charge in [-0.3, -0.25) is 14.9 Å². The molecule has 0 spiro atoms. The minimum absolute atomic E-state index is 0.0334. The van der Waals surface area contributed by atoms with E-state index in [1.807, 2.05) is 30.7 Å². The maximum Gasteiger partial charge on any atom is 0.269 e. The second-order valence-electron chi connectivity index (χ2n) is 5.96. The summed E-state index contributed by atoms with van der Waals surface area (Å²) < 4.78 is 1.72. The molecule has 7 nitrogen and oxygen atoms in total. The van der Waals surface area contributed by atoms with E-state index < -0.39 is 4.92 Å². The second-order valence-corrected chi connectivity index (χ2v) is 6.80. The van der Waals surface area contributed by atoms with Crippen LogP contribution >= 0.6 is 11.8 Å². The van der Waals surface area contributed by atoms with Crippen LogP contribution in [0, 0.1) is 17.0 Å². The number of carbonyl (C=O) groups is 1. The van der Waals surface area contributed by atoms with Crippen LogP contribution in [0.1, 0.15) is 15.9 Å². The topological polar surface area (TPSA) is 90.1 Å². The number of anilines is 1. The van der Waals surface area contributed by atoms with Crippen LogP contribution in [0.5, 0.6) is 0 Å². The van der Waals surface area contributed by atoms with E-state index >= 15 is 0 Å². The summed E-state index contributed by atoms with van der Waals surface area (Å²) in [6.07, 6.45) is 6.90. The van der Waals surface area contributed by atoms with Crippen LogP contribution in [0.25, 0.3) is 5.69 Å². The van der Waals surface area contributed by atoms with Crippen molar-refractivity contribution in [3.05, 3.63) is 93.3 Å². The first-order valence-corrected chi connectivity index (χ1v) is 9.62. The standard InChI is InChI=1S/C20H18N4O3S/c1-14-12-17(24(26)27)8-9-18(14)22-20(28-2)13-19(25)15-4-6-16(7-5-15)23-11-3-10-21-23/h3-13,22H,1-2H3/b20-13-. The summed E-state index contributed by atoms with van der Waals surface area (Å²) in [6, 6.07) is 13.6. The summed E-state index contributed by atoms with van der Waals surface area (Å²) in [5.41, 5.74) is 2.91. The fraction of sp³-hybridized carbons (Fsp3) is 0.100. The number of allylic oxidation sites excluding steroid dienone is 1. The first-order chi connectivity index (χ1) is 13.5. The van der Waals surface area contributed by atoms with Crippen LogP contribution in [0.15, 0.2) is 72.0 Å². The minimum atomic E-state index is -0.432. The summed E-state index contributed by atoms with van der Waals surface area (Å²) >= 11 is 1.39. The first kappa shape index (κ1) is 19.4. The number of nitrogens with one attached hydrogen (secondary N) is 1. The molecule has 0 aliphatic heterocycles. The van der Waals surface area contributed by atoms with Gasteiger partial charge >= 0.3 is 0 Å². The summed E-state index contributed by atoms with van der Waals surface area (Å²) in [5.74, 6) is -0.136. The average Bonchev–Trinajstić information content (AvgIpc) is 3.23. The smallest absolute Gasteiger partial charge is 0.269 e. The van der Waals surface area contributed by atoms with Crippen LogP contribution in [-0.2, 0) is 0 Å². The quantitative estimate of drug-likeness (QED) is 0.273. The molecule has 0 unspecified atom stereocenters. The van der Waals surface area contributed by atoms with Crippen molar-refractivity contribution in [3.8, 4) is 5.69 Å². The number of aryl methyl sites for hydroxylation is 1. The molecular formula is C20H18N4O3S. The molecule has 0 saturated heterocycles. The number of benzene rings is 2. The van der Waals surface area contributed by atoms with Crippen molar-refractivity contribution < 1.29 is 9.72 Å². The van der Waals surface area contributed by atoms with Gasteiger partial charge in [-0.25, -0.2) is 4.68 Å². The van der Waals surface area contributed by atoms with Crippen LogP contribution in [0.3, 0.4) is 0 Å². The highest BCUT2D eigenvalue weighted by atomic mass is 32.2. The van der Waals surface area contributed by atoms with Crippen LogP contribution in [0.4, 0.5) is 11.4 Å². The molecule has 1 aromatic heterocycles. The van der Waals surface area contributed by atoms with Crippen molar-refractivity contribution in [2.45, 2.75) is 6.92 Å². The molecule has 3 aromatic rings. The van der Waals surface area contributed by atoms with Crippen LogP contribution in [0.2, 0.25) is 0 Å². The van der Waals surface area contributed by atoms with Gasteiger partial charge in [-0.1, -0.05) is 0 Å². The van der Waals surface area contributed by atoms with E-state index in [-0.39, 0.29) is 11.5 Å². The van der Waals surface area contributed by atoms with Gasteiger partial charge in [0.05, 0.1) is 15.6 Å². The van der Waals surface area contributed by atoms with E-state index in [1.165, 1.54) is 30.0 Å². The lowest BCUT2D eigenvalue weighted by Gasteiger charge is -2.11. The number of hydrogen-bond donors (Lipinski definition) is 1. The third-order valence-electron chi connectivity index (χ3n) is 4.08. The Morgan fingerprint density at radius 3 is 2.57 bits per heavy atom. The molecule has 0 aliphatic carbocycles. The van der Waals surface area contributed by atoms with Gasteiger partial charge in [-0.05, 0) is 55.1 Å². The molecule has 0 amide bonds. The Morgan fingerprint density at radius 1 is 1.25 bits per heavy atom. The molecule has 0 radical (unpaired) electrons. The monoisotopic (exact) mass is 394 g/mol. The highest BCUT2D eigenvalue weighted by Gasteiger charge is 2.10. The van der Waals surface area contributed by atoms with E-state index in [1.54, 1.807) is 36.0 Å². The molecule has 1 N–H and O–H groups in total. The van der Waals surface area contributed by atoms with E-state index in [0.717, 1.165) is 11.3 Å². The van der Waals surface area contributed by atoms with Gasteiger partial charge in [0.25, 0.3) is 5.69 Å². The SMILES string of the molecule is CS/C(=C\C(=O)c1ccc(-n2cccn2)cc1)Nc1ccc([N+](=O)[O-])cc1C. The molecule has 2 aromatic carbocycles. The molecule has 0 aliphatic rings. The Morgan fingerprint density at radius 2 is 2.00 bits per heavy atom. The van der Waals surface area contributed by atoms with Gasteiger partial charge < -0.3 is 5.32 Å². The van der Waals surface area contributed by atoms with Crippen molar-refractivity contribution in [1.29, 1.82) is 0 Å². The van der Waals surface area contributed by atoms with Crippen molar-refractivity contribution in [2.24, 2.45) is 0 Å². The largest absolute Gasteiger partial charge is 0.350 e. The highest BCUT2D eigenvalue weighted by Crippen LogP contribution is 2.25. The number of rotatable bonds is 7. The van der Waals surface area contributed by atoms with E-state index in [9.17, 15) is 14.9 Å². The predicted molar refractivity (Wildman–Crippen MR) is 111 cm³/mol. The van der Waals surface area contributed by atoms with Gasteiger partial charge in [-0.2, -0.15) is 5.10 Å². The summed E-state index contributed by atoms with van der Waals surface area (Å²) in [4.78, 5) is 23.0. The number of nitro benzene ring substituents is 1. The summed E-state index contributed by atoms with van der Waals surface area (Å²) in [7, 11) is 0. The lowest BCUT2D eigenvalue weighted by atomic mass is 10.1. The fourth-order valence-corrected chi connectivity index (χ4v) is 3.02. The molecule has 0 saturated carbocycles. The molecule has 142 valence electrons. The van der Waals surface area contributed by atoms with E-state index in [4.69, 9.17) is 0 Å². The number of carbonyl (C=O) groups excluding carboxylic acids is 1. The molecule has 1 heterocycles. The molecule has 0 atom stereocenters. The van der Waals surface area contributed by atoms with E-state index in [0.29, 0.717) is 16.3 Å². The Hall–Kier alpha value is -3.39. The van der Waals surface area contributed by atoms with Gasteiger partial charge in [0.15, 0.2) is 5.78 Å². The maximum atomic E-state index is 12.6. The van der Waals surface area contributed by atoms with Crippen LogP contribution < -0.4 is 5.32 Å². The summed E-state index contributed by atoms with van der Waals surface area (Å²) in [6.45, 7) is 1.78. The summed E-state index contributed by atoms with van der Waals surface area (Å²) in [5, 5.41) is 18.8.